The summed E-state index contributed by atoms with van der Waals surface area (Å²) in [5.74, 6) is 3.04. The largest absolute Gasteiger partial charge is 0.449 e. The Morgan fingerprint density at radius 2 is 1.91 bits per heavy atom. The van der Waals surface area contributed by atoms with Gasteiger partial charge in [0.2, 0.25) is 5.76 Å². The van der Waals surface area contributed by atoms with Gasteiger partial charge in [-0.2, -0.15) is 13.2 Å². The molecule has 0 unspecified atom stereocenters. The first-order valence-corrected chi connectivity index (χ1v) is 2.35. The van der Waals surface area contributed by atoms with Gasteiger partial charge in [0, 0.05) is 0 Å². The highest BCUT2D eigenvalue weighted by Gasteiger charge is 2.34. The summed E-state index contributed by atoms with van der Waals surface area (Å²) in [7, 11) is 0. The highest BCUT2D eigenvalue weighted by atomic mass is 19.4. The van der Waals surface area contributed by atoms with Crippen LogP contribution in [0.4, 0.5) is 13.2 Å². The molecule has 4 N–H and O–H groups in total. The van der Waals surface area contributed by atoms with Crippen LogP contribution in [0.15, 0.2) is 17.4 Å². The molecule has 0 bridgehead atoms. The van der Waals surface area contributed by atoms with Crippen molar-refractivity contribution in [1.29, 1.82) is 0 Å². The number of allylic oxidation sites excluding steroid dienone is 1. The Kier molecular flexibility index (Phi) is 2.73. The molecule has 0 aromatic heterocycles. The van der Waals surface area contributed by atoms with E-state index in [2.05, 4.69) is 22.3 Å². The van der Waals surface area contributed by atoms with Gasteiger partial charge in [-0.05, 0) is 0 Å². The molecule has 0 aliphatic rings. The third-order valence-corrected chi connectivity index (χ3v) is 0.671. The number of hydrogen-bond donors (Lipinski definition) is 2. The minimum atomic E-state index is -4.64. The van der Waals surface area contributed by atoms with Crippen LogP contribution in [0.1, 0.15) is 0 Å². The number of ether oxygens (including phenoxy) is 1. The molecule has 0 atom stereocenters. The standard InChI is InChI=1S/C4H6F3N3O/c1-2(4(5,6)7)11-3(8)10-9/h1,9H2,(H2,8,10). The smallest absolute Gasteiger partial charge is 0.420 e. The zero-order chi connectivity index (χ0) is 9.07. The van der Waals surface area contributed by atoms with Gasteiger partial charge in [0.25, 0.3) is 0 Å². The minimum Gasteiger partial charge on any atom is -0.420 e. The summed E-state index contributed by atoms with van der Waals surface area (Å²) in [6, 6.07) is -0.785. The zero-order valence-electron chi connectivity index (χ0n) is 5.35. The maximum atomic E-state index is 11.6. The van der Waals surface area contributed by atoms with Gasteiger partial charge in [0.15, 0.2) is 0 Å². The molecule has 0 saturated carbocycles. The second-order valence-corrected chi connectivity index (χ2v) is 1.49. The van der Waals surface area contributed by atoms with Crippen LogP contribution in [0, 0.1) is 0 Å². The Balaban J connectivity index is 4.10. The van der Waals surface area contributed by atoms with E-state index in [4.69, 9.17) is 5.73 Å². The van der Waals surface area contributed by atoms with E-state index < -0.39 is 18.0 Å². The van der Waals surface area contributed by atoms with Crippen molar-refractivity contribution in [2.75, 3.05) is 0 Å². The molecular weight excluding hydrogens is 163 g/mol. The van der Waals surface area contributed by atoms with Crippen LogP contribution >= 0.6 is 0 Å². The number of rotatable bonds is 1. The molecule has 4 nitrogen and oxygen atoms in total. The number of hydrazone groups is 1. The number of hydrogen-bond acceptors (Lipinski definition) is 3. The summed E-state index contributed by atoms with van der Waals surface area (Å²) in [6.45, 7) is 2.55. The van der Waals surface area contributed by atoms with Crippen molar-refractivity contribution in [2.24, 2.45) is 16.7 Å². The molecule has 0 fully saturated rings. The van der Waals surface area contributed by atoms with E-state index in [0.29, 0.717) is 0 Å². The average molecular weight is 169 g/mol. The molecular formula is C4H6F3N3O. The summed E-state index contributed by atoms with van der Waals surface area (Å²) >= 11 is 0. The number of halogens is 3. The lowest BCUT2D eigenvalue weighted by atomic mass is 10.5. The van der Waals surface area contributed by atoms with Crippen molar-refractivity contribution in [3.05, 3.63) is 12.3 Å². The average Bonchev–Trinajstić information content (AvgIpc) is 1.85. The molecule has 0 heterocycles. The molecule has 0 saturated heterocycles. The van der Waals surface area contributed by atoms with Gasteiger partial charge in [-0.15, -0.1) is 5.10 Å². The highest BCUT2D eigenvalue weighted by Crippen LogP contribution is 2.24. The zero-order valence-corrected chi connectivity index (χ0v) is 5.35. The van der Waals surface area contributed by atoms with E-state index in [-0.39, 0.29) is 0 Å². The van der Waals surface area contributed by atoms with Crippen molar-refractivity contribution in [1.82, 2.24) is 0 Å². The van der Waals surface area contributed by atoms with Crippen molar-refractivity contribution in [3.63, 3.8) is 0 Å². The third-order valence-electron chi connectivity index (χ3n) is 0.671. The lowest BCUT2D eigenvalue weighted by molar-refractivity contribution is -0.117. The SMILES string of the molecule is C=C(O/C(N)=N\N)C(F)(F)F. The third kappa shape index (κ3) is 3.33. The van der Waals surface area contributed by atoms with Crippen LogP contribution in [0.3, 0.4) is 0 Å². The predicted octanol–water partition coefficient (Wildman–Crippen LogP) is 0.267. The highest BCUT2D eigenvalue weighted by molar-refractivity contribution is 5.72. The summed E-state index contributed by atoms with van der Waals surface area (Å²) in [5.41, 5.74) is 4.71. The molecule has 0 aromatic rings. The molecule has 0 amide bonds. The Hall–Kier alpha value is -1.40. The monoisotopic (exact) mass is 169 g/mol. The second-order valence-electron chi connectivity index (χ2n) is 1.49. The number of nitrogens with zero attached hydrogens (tertiary/aromatic N) is 1. The molecule has 0 aliphatic carbocycles. The Morgan fingerprint density at radius 3 is 2.18 bits per heavy atom. The topological polar surface area (TPSA) is 73.6 Å². The van der Waals surface area contributed by atoms with Gasteiger partial charge in [0.05, 0.1) is 0 Å². The van der Waals surface area contributed by atoms with Crippen LogP contribution in [0.25, 0.3) is 0 Å². The van der Waals surface area contributed by atoms with Gasteiger partial charge in [-0.3, -0.25) is 0 Å². The maximum absolute atomic E-state index is 11.6. The number of alkyl halides is 3. The van der Waals surface area contributed by atoms with Gasteiger partial charge in [-0.1, -0.05) is 6.58 Å². The summed E-state index contributed by atoms with van der Waals surface area (Å²) in [6.07, 6.45) is -4.64. The summed E-state index contributed by atoms with van der Waals surface area (Å²) in [5, 5.41) is 2.65. The quantitative estimate of drug-likeness (QED) is 0.194. The van der Waals surface area contributed by atoms with E-state index in [1.54, 1.807) is 0 Å². The van der Waals surface area contributed by atoms with Gasteiger partial charge >= 0.3 is 12.2 Å². The molecule has 0 aromatic carbocycles. The van der Waals surface area contributed by atoms with Crippen molar-refractivity contribution in [3.8, 4) is 0 Å². The van der Waals surface area contributed by atoms with Crippen molar-refractivity contribution >= 4 is 6.02 Å². The molecule has 0 aliphatic heterocycles. The van der Waals surface area contributed by atoms with Gasteiger partial charge < -0.3 is 16.3 Å². The van der Waals surface area contributed by atoms with Crippen molar-refractivity contribution < 1.29 is 17.9 Å². The first-order valence-electron chi connectivity index (χ1n) is 2.35. The van der Waals surface area contributed by atoms with Crippen LogP contribution in [0.5, 0.6) is 0 Å². The van der Waals surface area contributed by atoms with E-state index in [9.17, 15) is 13.2 Å². The minimum absolute atomic E-state index is 0.785. The Labute approximate surface area is 60.3 Å². The van der Waals surface area contributed by atoms with Crippen LogP contribution in [0.2, 0.25) is 0 Å². The number of nitrogens with two attached hydrogens (primary N) is 2. The lowest BCUT2D eigenvalue weighted by Gasteiger charge is -2.09. The normalized spacial score (nSPS) is 12.8. The Bertz CT molecular complexity index is 186. The van der Waals surface area contributed by atoms with E-state index in [0.717, 1.165) is 0 Å². The molecule has 0 rings (SSSR count). The predicted molar refractivity (Wildman–Crippen MR) is 32.1 cm³/mol. The lowest BCUT2D eigenvalue weighted by Crippen LogP contribution is -2.23. The maximum Gasteiger partial charge on any atom is 0.449 e. The van der Waals surface area contributed by atoms with Crippen molar-refractivity contribution in [2.45, 2.75) is 6.18 Å². The summed E-state index contributed by atoms with van der Waals surface area (Å²) in [4.78, 5) is 0. The molecule has 11 heavy (non-hydrogen) atoms. The molecule has 0 radical (unpaired) electrons. The van der Waals surface area contributed by atoms with Crippen LogP contribution < -0.4 is 11.6 Å². The van der Waals surface area contributed by atoms with Crippen LogP contribution in [-0.2, 0) is 4.74 Å². The molecule has 64 valence electrons. The fraction of sp³-hybridized carbons (Fsp3) is 0.250. The van der Waals surface area contributed by atoms with Gasteiger partial charge in [0.1, 0.15) is 0 Å². The van der Waals surface area contributed by atoms with Gasteiger partial charge in [-0.25, -0.2) is 0 Å². The summed E-state index contributed by atoms with van der Waals surface area (Å²) < 4.78 is 38.6. The first kappa shape index (κ1) is 9.60. The second kappa shape index (κ2) is 3.13. The van der Waals surface area contributed by atoms with E-state index >= 15 is 0 Å². The fourth-order valence-electron chi connectivity index (χ4n) is 0.210. The molecule has 7 heteroatoms. The number of amidine groups is 1. The first-order chi connectivity index (χ1) is 4.88. The molecule has 0 spiro atoms. The van der Waals surface area contributed by atoms with Crippen LogP contribution in [-0.4, -0.2) is 12.2 Å². The fourth-order valence-corrected chi connectivity index (χ4v) is 0.210. The van der Waals surface area contributed by atoms with E-state index in [1.807, 2.05) is 0 Å². The van der Waals surface area contributed by atoms with E-state index in [1.165, 1.54) is 0 Å². The Morgan fingerprint density at radius 1 is 1.45 bits per heavy atom.